The van der Waals surface area contributed by atoms with Crippen LogP contribution >= 0.6 is 0 Å². The molecular weight excluding hydrogens is 411 g/mol. The van der Waals surface area contributed by atoms with Crippen LogP contribution in [0.1, 0.15) is 22.3 Å². The number of hydrogen-bond acceptors (Lipinski definition) is 5. The van der Waals surface area contributed by atoms with Crippen molar-refractivity contribution in [1.29, 1.82) is 0 Å². The van der Waals surface area contributed by atoms with Crippen LogP contribution in [0, 0.1) is 0 Å². The topological polar surface area (TPSA) is 58.7 Å². The Morgan fingerprint density at radius 3 is 2.52 bits per heavy atom. The SMILES string of the molecule is Cn1c(=O)oc2cc(C(=O)CCN3CCN(c4cccc(C(F)(F)F)c4)CC3)ccc21. The van der Waals surface area contributed by atoms with Crippen LogP contribution in [0.2, 0.25) is 0 Å². The normalized spacial score (nSPS) is 15.5. The van der Waals surface area contributed by atoms with Gasteiger partial charge in [0.25, 0.3) is 0 Å². The minimum Gasteiger partial charge on any atom is -0.408 e. The fourth-order valence-electron chi connectivity index (χ4n) is 3.82. The molecule has 31 heavy (non-hydrogen) atoms. The maximum absolute atomic E-state index is 12.9. The minimum absolute atomic E-state index is 0.0475. The first-order chi connectivity index (χ1) is 14.7. The number of anilines is 1. The summed E-state index contributed by atoms with van der Waals surface area (Å²) in [6, 6.07) is 10.3. The number of hydrogen-bond donors (Lipinski definition) is 0. The van der Waals surface area contributed by atoms with Gasteiger partial charge in [-0.1, -0.05) is 6.07 Å². The highest BCUT2D eigenvalue weighted by Crippen LogP contribution is 2.31. The first kappa shape index (κ1) is 21.2. The van der Waals surface area contributed by atoms with Gasteiger partial charge < -0.3 is 9.32 Å². The molecule has 0 N–H and O–H groups in total. The Labute approximate surface area is 176 Å². The number of oxazole rings is 1. The van der Waals surface area contributed by atoms with Gasteiger partial charge in [-0.15, -0.1) is 0 Å². The van der Waals surface area contributed by atoms with Crippen LogP contribution in [0.25, 0.3) is 11.1 Å². The van der Waals surface area contributed by atoms with Crippen molar-refractivity contribution < 1.29 is 22.4 Å². The summed E-state index contributed by atoms with van der Waals surface area (Å²) in [5.41, 5.74) is 1.41. The lowest BCUT2D eigenvalue weighted by atomic mass is 10.1. The van der Waals surface area contributed by atoms with Gasteiger partial charge in [0, 0.05) is 57.4 Å². The molecule has 1 saturated heterocycles. The van der Waals surface area contributed by atoms with E-state index in [1.807, 2.05) is 4.90 Å². The van der Waals surface area contributed by atoms with Gasteiger partial charge in [0.2, 0.25) is 0 Å². The zero-order valence-corrected chi connectivity index (χ0v) is 17.0. The molecule has 2 heterocycles. The predicted octanol–water partition coefficient (Wildman–Crippen LogP) is 3.55. The molecule has 6 nitrogen and oxygen atoms in total. The molecule has 0 bridgehead atoms. The fraction of sp³-hybridized carbons (Fsp3) is 0.364. The molecular formula is C22H22F3N3O3. The number of halogens is 3. The van der Waals surface area contributed by atoms with Gasteiger partial charge in [0.15, 0.2) is 11.4 Å². The third kappa shape index (κ3) is 4.51. The number of carbonyl (C=O) groups excluding carboxylic acids is 1. The van der Waals surface area contributed by atoms with Crippen molar-refractivity contribution in [2.45, 2.75) is 12.6 Å². The van der Waals surface area contributed by atoms with Crippen LogP contribution in [0.5, 0.6) is 0 Å². The monoisotopic (exact) mass is 433 g/mol. The Kier molecular flexibility index (Phi) is 5.62. The van der Waals surface area contributed by atoms with E-state index in [1.165, 1.54) is 16.7 Å². The zero-order valence-electron chi connectivity index (χ0n) is 17.0. The van der Waals surface area contributed by atoms with E-state index in [0.29, 0.717) is 61.5 Å². The molecule has 4 rings (SSSR count). The van der Waals surface area contributed by atoms with Gasteiger partial charge >= 0.3 is 11.9 Å². The summed E-state index contributed by atoms with van der Waals surface area (Å²) >= 11 is 0. The van der Waals surface area contributed by atoms with Gasteiger partial charge in [-0.3, -0.25) is 14.3 Å². The van der Waals surface area contributed by atoms with Gasteiger partial charge in [0.1, 0.15) is 0 Å². The van der Waals surface area contributed by atoms with Gasteiger partial charge in [-0.2, -0.15) is 13.2 Å². The molecule has 1 aliphatic rings. The minimum atomic E-state index is -4.36. The molecule has 3 aromatic rings. The number of carbonyl (C=O) groups is 1. The highest BCUT2D eigenvalue weighted by atomic mass is 19.4. The number of aromatic nitrogens is 1. The first-order valence-electron chi connectivity index (χ1n) is 10.00. The molecule has 9 heteroatoms. The number of ketones is 1. The number of aryl methyl sites for hydroxylation is 1. The van der Waals surface area contributed by atoms with Crippen LogP contribution < -0.4 is 10.7 Å². The molecule has 0 amide bonds. The van der Waals surface area contributed by atoms with Crippen molar-refractivity contribution in [3.63, 3.8) is 0 Å². The highest BCUT2D eigenvalue weighted by molar-refractivity contribution is 5.98. The van der Waals surface area contributed by atoms with Gasteiger partial charge in [-0.05, 0) is 36.4 Å². The Morgan fingerprint density at radius 2 is 1.81 bits per heavy atom. The fourth-order valence-corrected chi connectivity index (χ4v) is 3.82. The van der Waals surface area contributed by atoms with Crippen molar-refractivity contribution in [1.82, 2.24) is 9.47 Å². The molecule has 0 aliphatic carbocycles. The summed E-state index contributed by atoms with van der Waals surface area (Å²) in [5, 5.41) is 0. The molecule has 0 atom stereocenters. The first-order valence-corrected chi connectivity index (χ1v) is 10.00. The quantitative estimate of drug-likeness (QED) is 0.576. The highest BCUT2D eigenvalue weighted by Gasteiger charge is 2.31. The summed E-state index contributed by atoms with van der Waals surface area (Å²) in [5.74, 6) is -0.521. The number of rotatable bonds is 5. The summed E-state index contributed by atoms with van der Waals surface area (Å²) in [7, 11) is 1.61. The summed E-state index contributed by atoms with van der Waals surface area (Å²) in [4.78, 5) is 28.2. The number of fused-ring (bicyclic) bond motifs is 1. The third-order valence-electron chi connectivity index (χ3n) is 5.68. The Balaban J connectivity index is 1.32. The average Bonchev–Trinajstić information content (AvgIpc) is 3.05. The van der Waals surface area contributed by atoms with E-state index in [4.69, 9.17) is 4.42 Å². The van der Waals surface area contributed by atoms with Crippen molar-refractivity contribution in [2.24, 2.45) is 7.05 Å². The smallest absolute Gasteiger partial charge is 0.408 e. The Morgan fingerprint density at radius 1 is 1.06 bits per heavy atom. The standard InChI is InChI=1S/C22H22F3N3O3/c1-26-18-6-5-15(13-20(18)31-21(26)30)19(29)7-8-27-9-11-28(12-10-27)17-4-2-3-16(14-17)22(23,24)25/h2-6,13-14H,7-12H2,1H3. The lowest BCUT2D eigenvalue weighted by Gasteiger charge is -2.36. The molecule has 1 fully saturated rings. The zero-order chi connectivity index (χ0) is 22.2. The van der Waals surface area contributed by atoms with Crippen LogP contribution in [-0.4, -0.2) is 48.0 Å². The van der Waals surface area contributed by atoms with Crippen LogP contribution in [0.15, 0.2) is 51.7 Å². The molecule has 2 aromatic carbocycles. The van der Waals surface area contributed by atoms with Crippen molar-refractivity contribution in [3.8, 4) is 0 Å². The van der Waals surface area contributed by atoms with E-state index < -0.39 is 17.5 Å². The largest absolute Gasteiger partial charge is 0.419 e. The van der Waals surface area contributed by atoms with Crippen molar-refractivity contribution in [3.05, 3.63) is 64.1 Å². The second kappa shape index (κ2) is 8.22. The average molecular weight is 433 g/mol. The Bertz CT molecular complexity index is 1160. The molecule has 1 aliphatic heterocycles. The number of piperazine rings is 1. The molecule has 0 radical (unpaired) electrons. The maximum atomic E-state index is 12.9. The molecule has 164 valence electrons. The van der Waals surface area contributed by atoms with Crippen LogP contribution in [0.3, 0.4) is 0 Å². The molecule has 0 saturated carbocycles. The predicted molar refractivity (Wildman–Crippen MR) is 110 cm³/mol. The van der Waals surface area contributed by atoms with E-state index in [2.05, 4.69) is 4.90 Å². The van der Waals surface area contributed by atoms with E-state index >= 15 is 0 Å². The number of Topliss-reactive ketones (excluding diaryl/α,β-unsaturated/α-hetero) is 1. The summed E-state index contributed by atoms with van der Waals surface area (Å²) < 4.78 is 45.3. The third-order valence-corrected chi connectivity index (χ3v) is 5.68. The van der Waals surface area contributed by atoms with Crippen molar-refractivity contribution >= 4 is 22.6 Å². The summed E-state index contributed by atoms with van der Waals surface area (Å²) in [6.45, 7) is 3.07. The molecule has 0 spiro atoms. The van der Waals surface area contributed by atoms with Gasteiger partial charge in [0.05, 0.1) is 11.1 Å². The molecule has 1 aromatic heterocycles. The van der Waals surface area contributed by atoms with E-state index in [9.17, 15) is 22.8 Å². The van der Waals surface area contributed by atoms with E-state index in [0.717, 1.165) is 6.07 Å². The van der Waals surface area contributed by atoms with E-state index in [-0.39, 0.29) is 5.78 Å². The number of alkyl halides is 3. The number of benzene rings is 2. The molecule has 0 unspecified atom stereocenters. The number of nitrogens with zero attached hydrogens (tertiary/aromatic N) is 3. The van der Waals surface area contributed by atoms with Crippen LogP contribution in [0.4, 0.5) is 18.9 Å². The van der Waals surface area contributed by atoms with E-state index in [1.54, 1.807) is 31.3 Å². The maximum Gasteiger partial charge on any atom is 0.419 e. The van der Waals surface area contributed by atoms with Crippen LogP contribution in [-0.2, 0) is 13.2 Å². The second-order valence-corrected chi connectivity index (χ2v) is 7.66. The van der Waals surface area contributed by atoms with Gasteiger partial charge in [-0.25, -0.2) is 4.79 Å². The Hall–Kier alpha value is -3.07. The van der Waals surface area contributed by atoms with Crippen molar-refractivity contribution in [2.75, 3.05) is 37.6 Å². The lowest BCUT2D eigenvalue weighted by Crippen LogP contribution is -2.47. The second-order valence-electron chi connectivity index (χ2n) is 7.66. The summed E-state index contributed by atoms with van der Waals surface area (Å²) in [6.07, 6.45) is -4.05. The lowest BCUT2D eigenvalue weighted by molar-refractivity contribution is -0.137.